The van der Waals surface area contributed by atoms with Crippen LogP contribution in [-0.2, 0) is 5.41 Å². The number of rotatable bonds is 4. The normalized spacial score (nSPS) is 15.7. The summed E-state index contributed by atoms with van der Waals surface area (Å²) in [7, 11) is 5.72. The second-order valence-corrected chi connectivity index (χ2v) is 6.55. The highest BCUT2D eigenvalue weighted by molar-refractivity contribution is 6.33. The number of benzene rings is 2. The van der Waals surface area contributed by atoms with E-state index in [0.717, 1.165) is 11.4 Å². The van der Waals surface area contributed by atoms with Crippen LogP contribution in [0.15, 0.2) is 53.6 Å². The summed E-state index contributed by atoms with van der Waals surface area (Å²) in [6.07, 6.45) is 1.96. The van der Waals surface area contributed by atoms with Gasteiger partial charge in [0.25, 0.3) is 0 Å². The number of hydrogen-bond acceptors (Lipinski definition) is 3. The van der Waals surface area contributed by atoms with E-state index in [9.17, 15) is 0 Å². The number of nitrogens with zero attached hydrogens (tertiary/aromatic N) is 3. The standard InChI is InChI=1S/C20H24N3O/c1-20(2)17-8-6-7-9-18(17)22(3)19(20)14-21-23(4)15-10-12-16(24-5)13-11-15/h6-14H,1-5H3/q+1. The second-order valence-electron chi connectivity index (χ2n) is 6.55. The Balaban J connectivity index is 1.87. The summed E-state index contributed by atoms with van der Waals surface area (Å²) < 4.78 is 7.42. The lowest BCUT2D eigenvalue weighted by atomic mass is 9.82. The van der Waals surface area contributed by atoms with Crippen LogP contribution in [0.1, 0.15) is 19.4 Å². The van der Waals surface area contributed by atoms with Crippen molar-refractivity contribution in [2.45, 2.75) is 19.3 Å². The Hall–Kier alpha value is -2.62. The molecule has 0 saturated heterocycles. The summed E-state index contributed by atoms with van der Waals surface area (Å²) in [6, 6.07) is 16.4. The van der Waals surface area contributed by atoms with Gasteiger partial charge >= 0.3 is 0 Å². The van der Waals surface area contributed by atoms with Gasteiger partial charge in [-0.15, -0.1) is 0 Å². The Morgan fingerprint density at radius 3 is 2.38 bits per heavy atom. The maximum atomic E-state index is 5.20. The summed E-state index contributed by atoms with van der Waals surface area (Å²) in [5.74, 6) is 0.845. The lowest BCUT2D eigenvalue weighted by molar-refractivity contribution is -0.400. The van der Waals surface area contributed by atoms with Gasteiger partial charge in [-0.2, -0.15) is 9.68 Å². The molecule has 4 nitrogen and oxygen atoms in total. The van der Waals surface area contributed by atoms with Crippen molar-refractivity contribution in [2.75, 3.05) is 26.2 Å². The van der Waals surface area contributed by atoms with Crippen molar-refractivity contribution >= 4 is 23.3 Å². The van der Waals surface area contributed by atoms with Gasteiger partial charge < -0.3 is 4.74 Å². The Morgan fingerprint density at radius 1 is 1.08 bits per heavy atom. The smallest absolute Gasteiger partial charge is 0.212 e. The first-order valence-corrected chi connectivity index (χ1v) is 8.07. The van der Waals surface area contributed by atoms with Crippen molar-refractivity contribution in [2.24, 2.45) is 5.10 Å². The van der Waals surface area contributed by atoms with Crippen LogP contribution in [0, 0.1) is 0 Å². The lowest BCUT2D eigenvalue weighted by Crippen LogP contribution is -2.30. The van der Waals surface area contributed by atoms with E-state index in [2.05, 4.69) is 54.8 Å². The molecule has 3 rings (SSSR count). The van der Waals surface area contributed by atoms with Crippen LogP contribution in [-0.4, -0.2) is 37.7 Å². The van der Waals surface area contributed by atoms with E-state index in [1.807, 2.05) is 42.5 Å². The van der Waals surface area contributed by atoms with Crippen molar-refractivity contribution in [3.63, 3.8) is 0 Å². The van der Waals surface area contributed by atoms with E-state index in [0.29, 0.717) is 0 Å². The minimum Gasteiger partial charge on any atom is -0.497 e. The molecule has 1 aliphatic rings. The summed E-state index contributed by atoms with van der Waals surface area (Å²) in [4.78, 5) is 0. The first-order chi connectivity index (χ1) is 11.4. The maximum absolute atomic E-state index is 5.20. The maximum Gasteiger partial charge on any atom is 0.212 e. The van der Waals surface area contributed by atoms with Gasteiger partial charge in [0.2, 0.25) is 11.4 Å². The number of methoxy groups -OCH3 is 1. The van der Waals surface area contributed by atoms with Gasteiger partial charge in [-0.25, -0.2) is 0 Å². The Morgan fingerprint density at radius 2 is 1.75 bits per heavy atom. The summed E-state index contributed by atoms with van der Waals surface area (Å²) in [5, 5.41) is 6.52. The largest absolute Gasteiger partial charge is 0.497 e. The van der Waals surface area contributed by atoms with Crippen LogP contribution in [0.4, 0.5) is 11.4 Å². The third-order valence-electron chi connectivity index (χ3n) is 4.74. The minimum absolute atomic E-state index is 0.0599. The highest BCUT2D eigenvalue weighted by atomic mass is 16.5. The Labute approximate surface area is 143 Å². The van der Waals surface area contributed by atoms with Crippen molar-refractivity contribution in [1.29, 1.82) is 0 Å². The predicted molar refractivity (Wildman–Crippen MR) is 100 cm³/mol. The van der Waals surface area contributed by atoms with Crippen LogP contribution in [0.5, 0.6) is 5.75 Å². The fourth-order valence-electron chi connectivity index (χ4n) is 3.24. The minimum atomic E-state index is -0.0599. The van der Waals surface area contributed by atoms with Gasteiger partial charge in [0.15, 0.2) is 0 Å². The van der Waals surface area contributed by atoms with Gasteiger partial charge in [-0.3, -0.25) is 5.01 Å². The van der Waals surface area contributed by atoms with Crippen LogP contribution in [0.2, 0.25) is 0 Å². The number of fused-ring (bicyclic) bond motifs is 1. The van der Waals surface area contributed by atoms with Gasteiger partial charge in [0.1, 0.15) is 19.0 Å². The van der Waals surface area contributed by atoms with Crippen molar-refractivity contribution in [3.05, 3.63) is 54.1 Å². The van der Waals surface area contributed by atoms with Crippen molar-refractivity contribution in [3.8, 4) is 5.75 Å². The van der Waals surface area contributed by atoms with E-state index in [-0.39, 0.29) is 5.41 Å². The fourth-order valence-corrected chi connectivity index (χ4v) is 3.24. The van der Waals surface area contributed by atoms with E-state index in [1.165, 1.54) is 17.0 Å². The molecule has 4 heteroatoms. The molecule has 0 spiro atoms. The quantitative estimate of drug-likeness (QED) is 0.486. The van der Waals surface area contributed by atoms with Gasteiger partial charge in [0.05, 0.1) is 18.2 Å². The molecule has 0 amide bonds. The number of hydrazone groups is 1. The summed E-state index contributed by atoms with van der Waals surface area (Å²) >= 11 is 0. The predicted octanol–water partition coefficient (Wildman–Crippen LogP) is 3.82. The molecule has 0 aromatic heterocycles. The Bertz CT molecular complexity index is 804. The first-order valence-electron chi connectivity index (χ1n) is 8.07. The van der Waals surface area contributed by atoms with Crippen LogP contribution < -0.4 is 9.75 Å². The molecule has 24 heavy (non-hydrogen) atoms. The van der Waals surface area contributed by atoms with Crippen LogP contribution in [0.3, 0.4) is 0 Å². The topological polar surface area (TPSA) is 27.8 Å². The zero-order valence-electron chi connectivity index (χ0n) is 14.9. The molecule has 1 aliphatic heterocycles. The zero-order valence-corrected chi connectivity index (χ0v) is 14.9. The third-order valence-corrected chi connectivity index (χ3v) is 4.74. The fraction of sp³-hybridized carbons (Fsp3) is 0.300. The number of hydrogen-bond donors (Lipinski definition) is 0. The molecule has 0 N–H and O–H groups in total. The number of para-hydroxylation sites is 1. The van der Waals surface area contributed by atoms with E-state index < -0.39 is 0 Å². The summed E-state index contributed by atoms with van der Waals surface area (Å²) in [6.45, 7) is 4.48. The molecule has 0 aliphatic carbocycles. The first kappa shape index (κ1) is 16.2. The molecule has 0 unspecified atom stereocenters. The van der Waals surface area contributed by atoms with Crippen LogP contribution >= 0.6 is 0 Å². The molecular weight excluding hydrogens is 298 g/mol. The highest BCUT2D eigenvalue weighted by Crippen LogP contribution is 2.38. The van der Waals surface area contributed by atoms with Gasteiger partial charge in [-0.05, 0) is 38.1 Å². The third kappa shape index (κ3) is 2.68. The molecule has 1 heterocycles. The van der Waals surface area contributed by atoms with Crippen molar-refractivity contribution in [1.82, 2.24) is 0 Å². The average Bonchev–Trinajstić information content (AvgIpc) is 2.80. The van der Waals surface area contributed by atoms with Gasteiger partial charge in [0, 0.05) is 18.7 Å². The average molecular weight is 322 g/mol. The Kier molecular flexibility index (Phi) is 4.14. The molecule has 2 aromatic rings. The molecule has 2 aromatic carbocycles. The molecule has 0 atom stereocenters. The molecule has 0 bridgehead atoms. The molecule has 0 fully saturated rings. The highest BCUT2D eigenvalue weighted by Gasteiger charge is 2.43. The molecule has 0 saturated carbocycles. The monoisotopic (exact) mass is 322 g/mol. The van der Waals surface area contributed by atoms with E-state index >= 15 is 0 Å². The second kappa shape index (κ2) is 6.11. The van der Waals surface area contributed by atoms with Crippen molar-refractivity contribution < 1.29 is 9.31 Å². The zero-order chi connectivity index (χ0) is 17.3. The molecular formula is C20H24N3O+. The van der Waals surface area contributed by atoms with Crippen LogP contribution in [0.25, 0.3) is 0 Å². The SMILES string of the molecule is COc1ccc(N(C)N=CC2=[N+](C)c3ccccc3C2(C)C)cc1. The van der Waals surface area contributed by atoms with E-state index in [4.69, 9.17) is 4.74 Å². The number of anilines is 1. The lowest BCUT2D eigenvalue weighted by Gasteiger charge is -2.16. The summed E-state index contributed by atoms with van der Waals surface area (Å²) in [5.41, 5.74) is 4.72. The molecule has 124 valence electrons. The molecule has 0 radical (unpaired) electrons. The van der Waals surface area contributed by atoms with E-state index in [1.54, 1.807) is 7.11 Å². The number of ether oxygens (including phenoxy) is 1. The van der Waals surface area contributed by atoms with Gasteiger partial charge in [-0.1, -0.05) is 18.2 Å².